The molecule has 2 heterocycles. The van der Waals surface area contributed by atoms with E-state index in [-0.39, 0.29) is 33.4 Å². The van der Waals surface area contributed by atoms with E-state index in [0.29, 0.717) is 16.8 Å². The molecule has 2 aromatic carbocycles. The van der Waals surface area contributed by atoms with Gasteiger partial charge in [-0.25, -0.2) is 0 Å². The molecule has 142 valence electrons. The number of nitrogen functional groups attached to an aromatic ring is 1. The molecule has 0 amide bonds. The van der Waals surface area contributed by atoms with Crippen molar-refractivity contribution in [3.63, 3.8) is 0 Å². The summed E-state index contributed by atoms with van der Waals surface area (Å²) < 4.78 is 45.9. The number of nitrogens with zero attached hydrogens (tertiary/aromatic N) is 4. The van der Waals surface area contributed by atoms with Gasteiger partial charge in [-0.2, -0.15) is 9.78 Å². The van der Waals surface area contributed by atoms with Gasteiger partial charge in [0.25, 0.3) is 0 Å². The molecule has 0 fully saturated rings. The molecular formula is C19H14F3N5O. The van der Waals surface area contributed by atoms with Crippen LogP contribution < -0.4 is 5.73 Å². The highest BCUT2D eigenvalue weighted by atomic mass is 19.4. The Bertz CT molecular complexity index is 1130. The van der Waals surface area contributed by atoms with E-state index >= 15 is 0 Å². The van der Waals surface area contributed by atoms with Crippen molar-refractivity contribution in [2.45, 2.75) is 13.2 Å². The minimum absolute atomic E-state index is 0.0401. The maximum Gasteiger partial charge on any atom is 0.505 e. The summed E-state index contributed by atoms with van der Waals surface area (Å²) in [6.45, 7) is 1.50. The van der Waals surface area contributed by atoms with Crippen molar-refractivity contribution in [2.24, 2.45) is 0 Å². The van der Waals surface area contributed by atoms with Crippen molar-refractivity contribution in [1.82, 2.24) is 20.0 Å². The summed E-state index contributed by atoms with van der Waals surface area (Å²) in [5.41, 5.74) is 7.72. The molecule has 4 aromatic rings. The predicted molar refractivity (Wildman–Crippen MR) is 96.8 cm³/mol. The number of aryl methyl sites for hydroxylation is 1. The predicted octanol–water partition coefficient (Wildman–Crippen LogP) is 4.63. The SMILES string of the molecule is Cc1cc(-c2ccccc2-c2nnc(-c3ccc(N)cc3)o2)n(C(F)(F)F)n1. The Hall–Kier alpha value is -3.62. The lowest BCUT2D eigenvalue weighted by Crippen LogP contribution is -2.19. The second-order valence-electron chi connectivity index (χ2n) is 6.13. The Morgan fingerprint density at radius 3 is 2.25 bits per heavy atom. The molecule has 0 atom stereocenters. The quantitative estimate of drug-likeness (QED) is 0.520. The molecule has 9 heteroatoms. The van der Waals surface area contributed by atoms with Crippen LogP contribution in [-0.4, -0.2) is 20.0 Å². The lowest BCUT2D eigenvalue weighted by atomic mass is 10.0. The van der Waals surface area contributed by atoms with Crippen molar-refractivity contribution in [3.05, 3.63) is 60.3 Å². The van der Waals surface area contributed by atoms with Crippen LogP contribution in [-0.2, 0) is 6.30 Å². The van der Waals surface area contributed by atoms with Crippen LogP contribution >= 0.6 is 0 Å². The summed E-state index contributed by atoms with van der Waals surface area (Å²) in [5.74, 6) is 0.348. The van der Waals surface area contributed by atoms with Crippen LogP contribution in [0.4, 0.5) is 18.9 Å². The lowest BCUT2D eigenvalue weighted by molar-refractivity contribution is -0.211. The van der Waals surface area contributed by atoms with Crippen molar-refractivity contribution in [3.8, 4) is 34.2 Å². The summed E-state index contributed by atoms with van der Waals surface area (Å²) >= 11 is 0. The smallest absolute Gasteiger partial charge is 0.416 e. The van der Waals surface area contributed by atoms with Crippen LogP contribution in [0.25, 0.3) is 34.2 Å². The molecule has 0 aliphatic rings. The first-order valence-corrected chi connectivity index (χ1v) is 8.26. The van der Waals surface area contributed by atoms with Gasteiger partial charge in [-0.3, -0.25) is 0 Å². The van der Waals surface area contributed by atoms with Gasteiger partial charge in [-0.15, -0.1) is 23.4 Å². The van der Waals surface area contributed by atoms with Gasteiger partial charge in [0.1, 0.15) is 0 Å². The number of halogens is 3. The van der Waals surface area contributed by atoms with Gasteiger partial charge in [0.15, 0.2) is 0 Å². The van der Waals surface area contributed by atoms with E-state index in [1.54, 1.807) is 48.5 Å². The van der Waals surface area contributed by atoms with E-state index in [0.717, 1.165) is 0 Å². The maximum absolute atomic E-state index is 13.4. The molecule has 4 rings (SSSR count). The molecule has 0 saturated carbocycles. The molecule has 2 N–H and O–H groups in total. The van der Waals surface area contributed by atoms with Crippen LogP contribution in [0.5, 0.6) is 0 Å². The Labute approximate surface area is 157 Å². The Balaban J connectivity index is 1.81. The van der Waals surface area contributed by atoms with Crippen molar-refractivity contribution in [2.75, 3.05) is 5.73 Å². The fraction of sp³-hybridized carbons (Fsp3) is 0.105. The lowest BCUT2D eigenvalue weighted by Gasteiger charge is -2.12. The summed E-state index contributed by atoms with van der Waals surface area (Å²) in [6, 6.07) is 14.7. The van der Waals surface area contributed by atoms with Gasteiger partial charge in [-0.05, 0) is 43.3 Å². The molecule has 0 saturated heterocycles. The first kappa shape index (κ1) is 17.8. The summed E-state index contributed by atoms with van der Waals surface area (Å²) in [7, 11) is 0. The van der Waals surface area contributed by atoms with E-state index in [9.17, 15) is 13.2 Å². The molecular weight excluding hydrogens is 371 g/mol. The van der Waals surface area contributed by atoms with E-state index < -0.39 is 6.30 Å². The highest BCUT2D eigenvalue weighted by Gasteiger charge is 2.35. The summed E-state index contributed by atoms with van der Waals surface area (Å²) in [4.78, 5) is 0. The van der Waals surface area contributed by atoms with Crippen molar-refractivity contribution < 1.29 is 17.6 Å². The number of hydrogen-bond acceptors (Lipinski definition) is 5. The molecule has 0 bridgehead atoms. The average Bonchev–Trinajstić information content (AvgIpc) is 3.29. The minimum atomic E-state index is -4.65. The Morgan fingerprint density at radius 1 is 0.929 bits per heavy atom. The van der Waals surface area contributed by atoms with Gasteiger partial charge in [0.2, 0.25) is 11.8 Å². The van der Waals surface area contributed by atoms with Gasteiger partial charge in [0.05, 0.1) is 11.4 Å². The van der Waals surface area contributed by atoms with E-state index in [2.05, 4.69) is 15.3 Å². The van der Waals surface area contributed by atoms with Gasteiger partial charge >= 0.3 is 6.30 Å². The highest BCUT2D eigenvalue weighted by molar-refractivity contribution is 5.78. The number of nitrogens with two attached hydrogens (primary N) is 1. The monoisotopic (exact) mass is 385 g/mol. The van der Waals surface area contributed by atoms with Crippen LogP contribution in [0.15, 0.2) is 59.0 Å². The zero-order valence-electron chi connectivity index (χ0n) is 14.6. The van der Waals surface area contributed by atoms with Crippen molar-refractivity contribution >= 4 is 5.69 Å². The second-order valence-corrected chi connectivity index (χ2v) is 6.13. The number of hydrogen-bond donors (Lipinski definition) is 1. The Kier molecular flexibility index (Phi) is 4.14. The zero-order chi connectivity index (χ0) is 19.9. The van der Waals surface area contributed by atoms with Crippen LogP contribution in [0.2, 0.25) is 0 Å². The van der Waals surface area contributed by atoms with Gasteiger partial charge in [0, 0.05) is 22.4 Å². The average molecular weight is 385 g/mol. The number of anilines is 1. The topological polar surface area (TPSA) is 82.8 Å². The number of rotatable bonds is 3. The van der Waals surface area contributed by atoms with E-state index in [4.69, 9.17) is 10.2 Å². The van der Waals surface area contributed by atoms with E-state index in [1.807, 2.05) is 0 Å². The maximum atomic E-state index is 13.4. The number of alkyl halides is 3. The van der Waals surface area contributed by atoms with Crippen LogP contribution in [0.1, 0.15) is 5.69 Å². The fourth-order valence-corrected chi connectivity index (χ4v) is 2.85. The third kappa shape index (κ3) is 3.22. The molecule has 0 radical (unpaired) electrons. The highest BCUT2D eigenvalue weighted by Crippen LogP contribution is 2.36. The zero-order valence-corrected chi connectivity index (χ0v) is 14.6. The van der Waals surface area contributed by atoms with Crippen molar-refractivity contribution in [1.29, 1.82) is 0 Å². The molecule has 0 aliphatic heterocycles. The second kappa shape index (κ2) is 6.52. The fourth-order valence-electron chi connectivity index (χ4n) is 2.85. The van der Waals surface area contributed by atoms with Gasteiger partial charge in [-0.1, -0.05) is 18.2 Å². The first-order valence-electron chi connectivity index (χ1n) is 8.26. The molecule has 0 unspecified atom stereocenters. The van der Waals surface area contributed by atoms with Gasteiger partial charge < -0.3 is 10.2 Å². The molecule has 0 spiro atoms. The standard InChI is InChI=1S/C19H14F3N5O/c1-11-10-16(27(26-11)19(20,21)22)14-4-2-3-5-15(14)18-25-24-17(28-18)12-6-8-13(23)9-7-12/h2-10H,23H2,1H3. The van der Waals surface area contributed by atoms with E-state index in [1.165, 1.54) is 13.0 Å². The Morgan fingerprint density at radius 2 is 1.57 bits per heavy atom. The van der Waals surface area contributed by atoms with Crippen LogP contribution in [0, 0.1) is 6.92 Å². The summed E-state index contributed by atoms with van der Waals surface area (Å²) in [6.07, 6.45) is -4.65. The summed E-state index contributed by atoms with van der Waals surface area (Å²) in [5, 5.41) is 11.6. The third-order valence-electron chi connectivity index (χ3n) is 4.09. The van der Waals surface area contributed by atoms with Crippen LogP contribution in [0.3, 0.4) is 0 Å². The number of aromatic nitrogens is 4. The third-order valence-corrected chi connectivity index (χ3v) is 4.09. The molecule has 28 heavy (non-hydrogen) atoms. The molecule has 0 aliphatic carbocycles. The molecule has 2 aromatic heterocycles. The molecule has 6 nitrogen and oxygen atoms in total. The normalized spacial score (nSPS) is 11.7. The minimum Gasteiger partial charge on any atom is -0.416 e. The number of benzene rings is 2. The first-order chi connectivity index (χ1) is 13.3. The largest absolute Gasteiger partial charge is 0.505 e.